The first-order valence-electron chi connectivity index (χ1n) is 9.39. The van der Waals surface area contributed by atoms with Crippen molar-refractivity contribution < 1.29 is 19.1 Å². The van der Waals surface area contributed by atoms with Crippen molar-refractivity contribution in [1.29, 1.82) is 0 Å². The maximum atomic E-state index is 13.0. The highest BCUT2D eigenvalue weighted by molar-refractivity contribution is 6.21. The fraction of sp³-hybridized carbons (Fsp3) is 0.217. The van der Waals surface area contributed by atoms with E-state index in [9.17, 15) is 14.4 Å². The minimum atomic E-state index is -0.570. The molecular weight excluding hydrogens is 368 g/mol. The first-order chi connectivity index (χ1) is 14.0. The van der Waals surface area contributed by atoms with Crippen LogP contribution >= 0.6 is 0 Å². The molecule has 1 aliphatic rings. The number of aryl methyl sites for hydroxylation is 1. The lowest BCUT2D eigenvalue weighted by atomic mass is 9.94. The van der Waals surface area contributed by atoms with Crippen LogP contribution in [0, 0.1) is 12.8 Å². The summed E-state index contributed by atoms with van der Waals surface area (Å²) >= 11 is 0. The van der Waals surface area contributed by atoms with Gasteiger partial charge in [0.05, 0.1) is 35.5 Å². The van der Waals surface area contributed by atoms with Crippen LogP contribution in [0.25, 0.3) is 10.9 Å². The molecule has 146 valence electrons. The third-order valence-electron chi connectivity index (χ3n) is 5.31. The van der Waals surface area contributed by atoms with Crippen molar-refractivity contribution in [1.82, 2.24) is 4.98 Å². The fourth-order valence-electron chi connectivity index (χ4n) is 3.90. The van der Waals surface area contributed by atoms with E-state index < -0.39 is 11.9 Å². The predicted molar refractivity (Wildman–Crippen MR) is 109 cm³/mol. The van der Waals surface area contributed by atoms with Gasteiger partial charge >= 0.3 is 5.97 Å². The number of benzene rings is 2. The second-order valence-corrected chi connectivity index (χ2v) is 7.08. The van der Waals surface area contributed by atoms with Gasteiger partial charge in [-0.3, -0.25) is 19.5 Å². The van der Waals surface area contributed by atoms with Gasteiger partial charge in [-0.1, -0.05) is 36.4 Å². The van der Waals surface area contributed by atoms with Crippen LogP contribution < -0.4 is 4.90 Å². The Morgan fingerprint density at radius 2 is 1.79 bits per heavy atom. The van der Waals surface area contributed by atoms with Gasteiger partial charge in [-0.05, 0) is 30.7 Å². The molecule has 1 unspecified atom stereocenters. The van der Waals surface area contributed by atoms with E-state index in [0.717, 1.165) is 16.5 Å². The molecule has 0 spiro atoms. The normalized spacial score (nSPS) is 16.5. The van der Waals surface area contributed by atoms with E-state index in [1.165, 1.54) is 12.0 Å². The highest BCUT2D eigenvalue weighted by Crippen LogP contribution is 2.31. The van der Waals surface area contributed by atoms with Crippen molar-refractivity contribution in [2.75, 3.05) is 12.0 Å². The molecule has 0 aliphatic carbocycles. The molecule has 1 saturated heterocycles. The summed E-state index contributed by atoms with van der Waals surface area (Å²) in [4.78, 5) is 43.9. The molecule has 0 bridgehead atoms. The van der Waals surface area contributed by atoms with Crippen molar-refractivity contribution in [2.45, 2.75) is 19.8 Å². The van der Waals surface area contributed by atoms with Gasteiger partial charge < -0.3 is 4.74 Å². The number of hydrogen-bond donors (Lipinski definition) is 0. The van der Waals surface area contributed by atoms with Gasteiger partial charge in [-0.2, -0.15) is 0 Å². The number of rotatable bonds is 4. The Morgan fingerprint density at radius 3 is 2.52 bits per heavy atom. The Bertz CT molecular complexity index is 1120. The molecule has 3 aromatic rings. The SMILES string of the molecule is COC(=O)c1c(CC2CC(=O)N(c3ccccc3)C2=O)nc2ccccc2c1C. The second kappa shape index (κ2) is 7.47. The Labute approximate surface area is 168 Å². The van der Waals surface area contributed by atoms with Gasteiger partial charge in [-0.15, -0.1) is 0 Å². The van der Waals surface area contributed by atoms with Gasteiger partial charge in [0.25, 0.3) is 0 Å². The van der Waals surface area contributed by atoms with E-state index in [1.54, 1.807) is 24.3 Å². The third-order valence-corrected chi connectivity index (χ3v) is 5.31. The van der Waals surface area contributed by atoms with E-state index in [2.05, 4.69) is 4.98 Å². The molecule has 29 heavy (non-hydrogen) atoms. The van der Waals surface area contributed by atoms with E-state index in [0.29, 0.717) is 16.9 Å². The number of carbonyl (C=O) groups excluding carboxylic acids is 3. The summed E-state index contributed by atoms with van der Waals surface area (Å²) in [5.74, 6) is -1.58. The van der Waals surface area contributed by atoms with E-state index >= 15 is 0 Å². The number of aromatic nitrogens is 1. The average molecular weight is 388 g/mol. The van der Waals surface area contributed by atoms with E-state index in [-0.39, 0.29) is 24.7 Å². The van der Waals surface area contributed by atoms with E-state index in [1.807, 2.05) is 37.3 Å². The molecule has 2 amide bonds. The molecule has 0 N–H and O–H groups in total. The minimum Gasteiger partial charge on any atom is -0.465 e. The average Bonchev–Trinajstić information content (AvgIpc) is 3.01. The molecule has 0 saturated carbocycles. The molecule has 1 fully saturated rings. The number of amides is 2. The number of anilines is 1. The maximum Gasteiger partial charge on any atom is 0.340 e. The van der Waals surface area contributed by atoms with Crippen LogP contribution in [0.5, 0.6) is 0 Å². The van der Waals surface area contributed by atoms with Crippen LogP contribution in [0.15, 0.2) is 54.6 Å². The van der Waals surface area contributed by atoms with Crippen LogP contribution in [0.2, 0.25) is 0 Å². The third kappa shape index (κ3) is 3.27. The van der Waals surface area contributed by atoms with Crippen LogP contribution in [-0.2, 0) is 20.7 Å². The van der Waals surface area contributed by atoms with Crippen molar-refractivity contribution in [3.63, 3.8) is 0 Å². The fourth-order valence-corrected chi connectivity index (χ4v) is 3.90. The standard InChI is InChI=1S/C23H20N2O4/c1-14-17-10-6-7-11-18(17)24-19(21(14)23(28)29-2)12-15-13-20(26)25(22(15)27)16-8-4-3-5-9-16/h3-11,15H,12-13H2,1-2H3. The molecule has 2 heterocycles. The summed E-state index contributed by atoms with van der Waals surface area (Å²) in [7, 11) is 1.32. The van der Waals surface area contributed by atoms with Gasteiger partial charge in [0, 0.05) is 18.2 Å². The van der Waals surface area contributed by atoms with Gasteiger partial charge in [0.1, 0.15) is 0 Å². The maximum absolute atomic E-state index is 13.0. The van der Waals surface area contributed by atoms with Crippen molar-refractivity contribution in [3.05, 3.63) is 71.4 Å². The summed E-state index contributed by atoms with van der Waals surface area (Å²) in [6, 6.07) is 16.4. The number of imide groups is 1. The molecule has 0 radical (unpaired) electrons. The smallest absolute Gasteiger partial charge is 0.340 e. The number of ether oxygens (including phenoxy) is 1. The number of para-hydroxylation sites is 2. The van der Waals surface area contributed by atoms with E-state index in [4.69, 9.17) is 4.74 Å². The van der Waals surface area contributed by atoms with Crippen molar-refractivity contribution in [3.8, 4) is 0 Å². The zero-order valence-electron chi connectivity index (χ0n) is 16.2. The summed E-state index contributed by atoms with van der Waals surface area (Å²) in [5, 5.41) is 0.858. The van der Waals surface area contributed by atoms with Crippen molar-refractivity contribution >= 4 is 34.4 Å². The first kappa shape index (κ1) is 18.8. The number of pyridine rings is 1. The lowest BCUT2D eigenvalue weighted by molar-refractivity contribution is -0.122. The second-order valence-electron chi connectivity index (χ2n) is 7.08. The summed E-state index contributed by atoms with van der Waals surface area (Å²) in [6.07, 6.45) is 0.284. The van der Waals surface area contributed by atoms with Gasteiger partial charge in [0.15, 0.2) is 0 Å². The number of methoxy groups -OCH3 is 1. The molecule has 2 aromatic carbocycles. The van der Waals surface area contributed by atoms with Crippen LogP contribution in [0.3, 0.4) is 0 Å². The number of carbonyl (C=O) groups is 3. The zero-order valence-corrected chi connectivity index (χ0v) is 16.2. The summed E-state index contributed by atoms with van der Waals surface area (Å²) in [6.45, 7) is 1.84. The molecule has 1 aliphatic heterocycles. The zero-order chi connectivity index (χ0) is 20.5. The lowest BCUT2D eigenvalue weighted by Gasteiger charge is -2.16. The Morgan fingerprint density at radius 1 is 1.10 bits per heavy atom. The van der Waals surface area contributed by atoms with Crippen molar-refractivity contribution in [2.24, 2.45) is 5.92 Å². The van der Waals surface area contributed by atoms with Crippen LogP contribution in [0.4, 0.5) is 5.69 Å². The van der Waals surface area contributed by atoms with Crippen LogP contribution in [-0.4, -0.2) is 29.9 Å². The highest BCUT2D eigenvalue weighted by atomic mass is 16.5. The largest absolute Gasteiger partial charge is 0.465 e. The molecule has 1 atom stereocenters. The number of hydrogen-bond acceptors (Lipinski definition) is 5. The monoisotopic (exact) mass is 388 g/mol. The molecule has 1 aromatic heterocycles. The number of fused-ring (bicyclic) bond motifs is 1. The topological polar surface area (TPSA) is 76.6 Å². The number of esters is 1. The first-order valence-corrected chi connectivity index (χ1v) is 9.39. The molecule has 4 rings (SSSR count). The Kier molecular flexibility index (Phi) is 4.84. The Hall–Kier alpha value is -3.54. The molecular formula is C23H20N2O4. The highest BCUT2D eigenvalue weighted by Gasteiger charge is 2.40. The summed E-state index contributed by atoms with van der Waals surface area (Å²) < 4.78 is 4.97. The lowest BCUT2D eigenvalue weighted by Crippen LogP contribution is -2.31. The van der Waals surface area contributed by atoms with Gasteiger partial charge in [-0.25, -0.2) is 4.79 Å². The van der Waals surface area contributed by atoms with Crippen LogP contribution in [0.1, 0.15) is 28.0 Å². The molecule has 6 heteroatoms. The van der Waals surface area contributed by atoms with Gasteiger partial charge in [0.2, 0.25) is 11.8 Å². The predicted octanol–water partition coefficient (Wildman–Crippen LogP) is 3.45. The molecule has 6 nitrogen and oxygen atoms in total. The minimum absolute atomic E-state index is 0.0852. The Balaban J connectivity index is 1.73. The number of nitrogens with zero attached hydrogens (tertiary/aromatic N) is 2. The summed E-state index contributed by atoms with van der Waals surface area (Å²) in [5.41, 5.74) is 2.90. The quantitative estimate of drug-likeness (QED) is 0.505.